The summed E-state index contributed by atoms with van der Waals surface area (Å²) < 4.78 is 5.24. The minimum absolute atomic E-state index is 0.113. The van der Waals surface area contributed by atoms with E-state index in [0.717, 1.165) is 6.42 Å². The first-order valence-corrected chi connectivity index (χ1v) is 6.40. The molecular formula is C8H17NO2Si. The predicted molar refractivity (Wildman–Crippen MR) is 52.4 cm³/mol. The zero-order valence-corrected chi connectivity index (χ0v) is 9.12. The lowest BCUT2D eigenvalue weighted by Crippen LogP contribution is -2.44. The summed E-state index contributed by atoms with van der Waals surface area (Å²) in [4.78, 5) is 10.9. The monoisotopic (exact) mass is 187 g/mol. The van der Waals surface area contributed by atoms with Crippen molar-refractivity contribution >= 4 is 14.9 Å². The van der Waals surface area contributed by atoms with E-state index >= 15 is 0 Å². The van der Waals surface area contributed by atoms with Crippen LogP contribution in [0.5, 0.6) is 0 Å². The van der Waals surface area contributed by atoms with E-state index in [1.54, 1.807) is 7.11 Å². The van der Waals surface area contributed by atoms with Crippen molar-refractivity contribution < 1.29 is 9.22 Å². The van der Waals surface area contributed by atoms with Gasteiger partial charge in [-0.3, -0.25) is 4.79 Å². The standard InChI is InChI=1S/C8H17NO2Si/c1-5-7(10)9-8(6-2)12(4)11-3/h5,8,12H,1,6H2,2-4H3,(H,9,10). The molecule has 0 saturated heterocycles. The smallest absolute Gasteiger partial charge is 0.243 e. The third-order valence-electron chi connectivity index (χ3n) is 1.89. The summed E-state index contributed by atoms with van der Waals surface area (Å²) in [6.07, 6.45) is 2.21. The fourth-order valence-electron chi connectivity index (χ4n) is 0.957. The molecule has 0 heterocycles. The fourth-order valence-corrected chi connectivity index (χ4v) is 2.35. The van der Waals surface area contributed by atoms with Crippen molar-refractivity contribution in [3.05, 3.63) is 12.7 Å². The normalized spacial score (nSPS) is 14.9. The summed E-state index contributed by atoms with van der Waals surface area (Å²) in [5.74, 6) is -0.113. The Morgan fingerprint density at radius 1 is 1.83 bits per heavy atom. The molecule has 1 N–H and O–H groups in total. The second-order valence-electron chi connectivity index (χ2n) is 2.67. The van der Waals surface area contributed by atoms with E-state index in [1.165, 1.54) is 6.08 Å². The molecule has 4 heteroatoms. The molecule has 0 aliphatic heterocycles. The number of rotatable bonds is 5. The Morgan fingerprint density at radius 3 is 2.75 bits per heavy atom. The topological polar surface area (TPSA) is 38.3 Å². The third kappa shape index (κ3) is 3.68. The SMILES string of the molecule is C=CC(=O)NC(CC)[SiH](C)OC. The lowest BCUT2D eigenvalue weighted by atomic mass is 10.4. The molecule has 0 aromatic heterocycles. The molecule has 0 aromatic rings. The van der Waals surface area contributed by atoms with Crippen LogP contribution in [0.25, 0.3) is 0 Å². The van der Waals surface area contributed by atoms with Crippen molar-refractivity contribution in [3.8, 4) is 0 Å². The number of amides is 1. The first-order chi connectivity index (χ1) is 5.65. The van der Waals surface area contributed by atoms with Gasteiger partial charge in [-0.1, -0.05) is 13.5 Å². The van der Waals surface area contributed by atoms with Crippen LogP contribution in [0.4, 0.5) is 0 Å². The molecule has 12 heavy (non-hydrogen) atoms. The quantitative estimate of drug-likeness (QED) is 0.506. The van der Waals surface area contributed by atoms with Crippen LogP contribution < -0.4 is 5.32 Å². The lowest BCUT2D eigenvalue weighted by molar-refractivity contribution is -0.116. The summed E-state index contributed by atoms with van der Waals surface area (Å²) in [5, 5.41) is 2.85. The molecule has 0 aliphatic carbocycles. The first-order valence-electron chi connectivity index (χ1n) is 4.11. The highest BCUT2D eigenvalue weighted by Gasteiger charge is 2.17. The van der Waals surface area contributed by atoms with Crippen molar-refractivity contribution in [1.82, 2.24) is 5.32 Å². The van der Waals surface area contributed by atoms with Crippen molar-refractivity contribution in [3.63, 3.8) is 0 Å². The zero-order valence-electron chi connectivity index (χ0n) is 7.96. The van der Waals surface area contributed by atoms with Gasteiger partial charge in [0.15, 0.2) is 9.04 Å². The maximum Gasteiger partial charge on any atom is 0.243 e. The van der Waals surface area contributed by atoms with Crippen molar-refractivity contribution in [2.75, 3.05) is 7.11 Å². The minimum atomic E-state index is -1.25. The molecule has 0 saturated carbocycles. The molecule has 0 fully saturated rings. The van der Waals surface area contributed by atoms with E-state index in [4.69, 9.17) is 4.43 Å². The second kappa shape index (κ2) is 5.96. The van der Waals surface area contributed by atoms with Gasteiger partial charge in [0, 0.05) is 12.8 Å². The van der Waals surface area contributed by atoms with Crippen LogP contribution in [0.1, 0.15) is 13.3 Å². The van der Waals surface area contributed by atoms with Crippen LogP contribution in [0, 0.1) is 0 Å². The minimum Gasteiger partial charge on any atom is -0.421 e. The molecule has 0 aliphatic rings. The third-order valence-corrected chi connectivity index (χ3v) is 4.41. The number of carbonyl (C=O) groups is 1. The average Bonchev–Trinajstić information content (AvgIpc) is 2.12. The van der Waals surface area contributed by atoms with E-state index in [9.17, 15) is 4.79 Å². The molecule has 2 atom stereocenters. The van der Waals surface area contributed by atoms with E-state index in [2.05, 4.69) is 18.4 Å². The van der Waals surface area contributed by atoms with Gasteiger partial charge in [0.2, 0.25) is 5.91 Å². The largest absolute Gasteiger partial charge is 0.421 e. The summed E-state index contributed by atoms with van der Waals surface area (Å²) in [6.45, 7) is 7.50. The number of hydrogen-bond acceptors (Lipinski definition) is 2. The van der Waals surface area contributed by atoms with E-state index in [-0.39, 0.29) is 11.6 Å². The zero-order chi connectivity index (χ0) is 9.56. The summed E-state index contributed by atoms with van der Waals surface area (Å²) >= 11 is 0. The van der Waals surface area contributed by atoms with Gasteiger partial charge in [-0.25, -0.2) is 0 Å². The number of hydrogen-bond donors (Lipinski definition) is 1. The summed E-state index contributed by atoms with van der Waals surface area (Å²) in [7, 11) is 0.448. The van der Waals surface area contributed by atoms with Crippen LogP contribution in [-0.4, -0.2) is 27.7 Å². The second-order valence-corrected chi connectivity index (χ2v) is 5.35. The Morgan fingerprint density at radius 2 is 2.42 bits per heavy atom. The Hall–Kier alpha value is -0.613. The predicted octanol–water partition coefficient (Wildman–Crippen LogP) is 0.606. The van der Waals surface area contributed by atoms with Crippen LogP contribution in [0.3, 0.4) is 0 Å². The van der Waals surface area contributed by atoms with Gasteiger partial charge in [-0.15, -0.1) is 0 Å². The lowest BCUT2D eigenvalue weighted by Gasteiger charge is -2.20. The van der Waals surface area contributed by atoms with Crippen LogP contribution in [0.15, 0.2) is 12.7 Å². The Bertz CT molecular complexity index is 161. The maximum absolute atomic E-state index is 10.9. The Balaban J connectivity index is 3.98. The first kappa shape index (κ1) is 11.4. The van der Waals surface area contributed by atoms with E-state index in [0.29, 0.717) is 0 Å². The van der Waals surface area contributed by atoms with Gasteiger partial charge in [0.1, 0.15) is 0 Å². The van der Waals surface area contributed by atoms with Crippen molar-refractivity contribution in [2.24, 2.45) is 0 Å². The number of nitrogens with one attached hydrogen (secondary N) is 1. The molecule has 0 aromatic carbocycles. The van der Waals surface area contributed by atoms with E-state index in [1.807, 2.05) is 6.92 Å². The molecule has 3 nitrogen and oxygen atoms in total. The molecule has 70 valence electrons. The fraction of sp³-hybridized carbons (Fsp3) is 0.625. The average molecular weight is 187 g/mol. The molecule has 0 rings (SSSR count). The van der Waals surface area contributed by atoms with Crippen molar-refractivity contribution in [2.45, 2.75) is 25.6 Å². The van der Waals surface area contributed by atoms with Crippen LogP contribution in [-0.2, 0) is 9.22 Å². The molecule has 0 spiro atoms. The van der Waals surface area contributed by atoms with Crippen LogP contribution in [0.2, 0.25) is 6.55 Å². The summed E-state index contributed by atoms with van der Waals surface area (Å²) in [5.41, 5.74) is 0.209. The number of carbonyl (C=O) groups excluding carboxylic acids is 1. The molecule has 0 bridgehead atoms. The molecule has 1 amide bonds. The molecule has 2 unspecified atom stereocenters. The molecule has 0 radical (unpaired) electrons. The highest BCUT2D eigenvalue weighted by molar-refractivity contribution is 6.52. The highest BCUT2D eigenvalue weighted by atomic mass is 28.3. The Labute approximate surface area is 75.5 Å². The maximum atomic E-state index is 10.9. The molecular weight excluding hydrogens is 170 g/mol. The van der Waals surface area contributed by atoms with E-state index < -0.39 is 9.04 Å². The van der Waals surface area contributed by atoms with Gasteiger partial charge >= 0.3 is 0 Å². The van der Waals surface area contributed by atoms with Crippen molar-refractivity contribution in [1.29, 1.82) is 0 Å². The van der Waals surface area contributed by atoms with Gasteiger partial charge in [0.25, 0.3) is 0 Å². The van der Waals surface area contributed by atoms with Gasteiger partial charge in [-0.05, 0) is 19.0 Å². The van der Waals surface area contributed by atoms with Gasteiger partial charge < -0.3 is 9.74 Å². The highest BCUT2D eigenvalue weighted by Crippen LogP contribution is 1.97. The van der Waals surface area contributed by atoms with Crippen LogP contribution >= 0.6 is 0 Å². The van der Waals surface area contributed by atoms with Gasteiger partial charge in [-0.2, -0.15) is 0 Å². The van der Waals surface area contributed by atoms with Gasteiger partial charge in [0.05, 0.1) is 0 Å². The summed E-state index contributed by atoms with van der Waals surface area (Å²) in [6, 6.07) is 0. The Kier molecular flexibility index (Phi) is 5.66.